The first-order valence-corrected chi connectivity index (χ1v) is 12.1. The van der Waals surface area contributed by atoms with Gasteiger partial charge in [-0.2, -0.15) is 0 Å². The molecule has 2 fully saturated rings. The maximum absolute atomic E-state index is 12.3. The van der Waals surface area contributed by atoms with Crippen molar-refractivity contribution in [2.45, 2.75) is 39.0 Å². The highest BCUT2D eigenvalue weighted by Crippen LogP contribution is 2.52. The van der Waals surface area contributed by atoms with Gasteiger partial charge < -0.3 is 20.3 Å². The smallest absolute Gasteiger partial charge is 0.409 e. The zero-order valence-corrected chi connectivity index (χ0v) is 19.7. The number of nitrogens with zero attached hydrogens (tertiary/aromatic N) is 2. The first kappa shape index (κ1) is 22.9. The SMILES string of the molecule is CC1(C2CCN(C(=O)OCCN)CC2)CN(c2ccc(Cl)cc2)C2=C/CCC/C=C/C=C\21. The molecule has 4 rings (SSSR count). The van der Waals surface area contributed by atoms with Crippen LogP contribution in [0.15, 0.2) is 59.8 Å². The fourth-order valence-corrected chi connectivity index (χ4v) is 5.43. The van der Waals surface area contributed by atoms with Crippen molar-refractivity contribution in [3.8, 4) is 0 Å². The number of hydrogen-bond donors (Lipinski definition) is 1. The maximum atomic E-state index is 12.3. The zero-order valence-electron chi connectivity index (χ0n) is 18.9. The van der Waals surface area contributed by atoms with Gasteiger partial charge in [0.2, 0.25) is 0 Å². The largest absolute Gasteiger partial charge is 0.448 e. The van der Waals surface area contributed by atoms with Crippen LogP contribution in [0.1, 0.15) is 39.0 Å². The molecule has 1 aliphatic carbocycles. The molecule has 32 heavy (non-hydrogen) atoms. The van der Waals surface area contributed by atoms with Gasteiger partial charge in [0.25, 0.3) is 0 Å². The molecule has 172 valence electrons. The number of nitrogens with two attached hydrogens (primary N) is 1. The number of benzene rings is 1. The molecule has 2 heterocycles. The molecule has 1 aromatic carbocycles. The number of piperidine rings is 1. The number of ether oxygens (including phenoxy) is 1. The lowest BCUT2D eigenvalue weighted by atomic mass is 9.68. The molecular formula is C26H34ClN3O2. The van der Waals surface area contributed by atoms with E-state index in [9.17, 15) is 4.79 Å². The van der Waals surface area contributed by atoms with E-state index in [2.05, 4.69) is 48.3 Å². The number of rotatable bonds is 4. The molecule has 0 spiro atoms. The minimum atomic E-state index is -0.238. The highest BCUT2D eigenvalue weighted by Gasteiger charge is 2.48. The summed E-state index contributed by atoms with van der Waals surface area (Å²) in [6.07, 6.45) is 14.3. The van der Waals surface area contributed by atoms with E-state index in [1.807, 2.05) is 17.0 Å². The van der Waals surface area contributed by atoms with Crippen LogP contribution in [-0.4, -0.2) is 43.8 Å². The van der Waals surface area contributed by atoms with Crippen LogP contribution in [0.2, 0.25) is 5.02 Å². The van der Waals surface area contributed by atoms with Gasteiger partial charge in [-0.25, -0.2) is 4.79 Å². The van der Waals surface area contributed by atoms with Gasteiger partial charge in [-0.1, -0.05) is 42.8 Å². The van der Waals surface area contributed by atoms with E-state index < -0.39 is 0 Å². The molecule has 0 saturated carbocycles. The normalized spacial score (nSPS) is 28.5. The molecular weight excluding hydrogens is 422 g/mol. The fourth-order valence-electron chi connectivity index (χ4n) is 5.30. The van der Waals surface area contributed by atoms with Crippen molar-refractivity contribution in [2.75, 3.05) is 37.7 Å². The van der Waals surface area contributed by atoms with Crippen LogP contribution in [0.3, 0.4) is 0 Å². The van der Waals surface area contributed by atoms with Gasteiger partial charge in [0.15, 0.2) is 0 Å². The van der Waals surface area contributed by atoms with Crippen LogP contribution >= 0.6 is 11.6 Å². The third kappa shape index (κ3) is 4.74. The molecule has 2 aliphatic heterocycles. The number of amides is 1. The van der Waals surface area contributed by atoms with E-state index in [1.165, 1.54) is 17.0 Å². The van der Waals surface area contributed by atoms with Crippen LogP contribution in [0, 0.1) is 11.3 Å². The number of halogens is 1. The molecule has 0 radical (unpaired) electrons. The van der Waals surface area contributed by atoms with Crippen LogP contribution in [0.5, 0.6) is 0 Å². The number of fused-ring (bicyclic) bond motifs is 1. The predicted octanol–water partition coefficient (Wildman–Crippen LogP) is 5.52. The van der Waals surface area contributed by atoms with Crippen LogP contribution in [-0.2, 0) is 4.74 Å². The minimum Gasteiger partial charge on any atom is -0.448 e. The predicted molar refractivity (Wildman–Crippen MR) is 131 cm³/mol. The van der Waals surface area contributed by atoms with Gasteiger partial charge in [-0.05, 0) is 67.9 Å². The van der Waals surface area contributed by atoms with Gasteiger partial charge in [-0.15, -0.1) is 0 Å². The van der Waals surface area contributed by atoms with Crippen molar-refractivity contribution in [3.63, 3.8) is 0 Å². The third-order valence-electron chi connectivity index (χ3n) is 7.12. The summed E-state index contributed by atoms with van der Waals surface area (Å²) >= 11 is 6.17. The zero-order chi connectivity index (χ0) is 22.6. The molecule has 2 saturated heterocycles. The standard InChI is InChI=1S/C26H34ClN3O2/c1-26(20-13-16-29(17-14-20)25(31)32-18-15-28)19-30(22-11-9-21(27)10-12-22)24-8-6-4-2-3-5-7-23(24)26/h3,5,7-12,20H,2,4,6,13-19,28H2,1H3/b5-3+,23-7+,24-8+. The molecule has 1 aromatic rings. The highest BCUT2D eigenvalue weighted by molar-refractivity contribution is 6.30. The van der Waals surface area contributed by atoms with Crippen LogP contribution < -0.4 is 10.6 Å². The molecule has 1 atom stereocenters. The van der Waals surface area contributed by atoms with E-state index in [0.717, 1.165) is 56.8 Å². The van der Waals surface area contributed by atoms with Crippen LogP contribution in [0.4, 0.5) is 10.5 Å². The first-order chi connectivity index (χ1) is 15.5. The van der Waals surface area contributed by atoms with Gasteiger partial charge >= 0.3 is 6.09 Å². The molecule has 1 amide bonds. The van der Waals surface area contributed by atoms with E-state index in [-0.39, 0.29) is 18.1 Å². The van der Waals surface area contributed by atoms with Gasteiger partial charge in [0.05, 0.1) is 0 Å². The number of carbonyl (C=O) groups excluding carboxylic acids is 1. The second-order valence-corrected chi connectivity index (χ2v) is 9.61. The van der Waals surface area contributed by atoms with Gasteiger partial charge in [0.1, 0.15) is 6.61 Å². The molecule has 6 heteroatoms. The number of likely N-dealkylation sites (tertiary alicyclic amines) is 1. The summed E-state index contributed by atoms with van der Waals surface area (Å²) in [4.78, 5) is 16.6. The van der Waals surface area contributed by atoms with Crippen molar-refractivity contribution in [3.05, 3.63) is 64.9 Å². The lowest BCUT2D eigenvalue weighted by Gasteiger charge is -2.40. The average molecular weight is 456 g/mol. The average Bonchev–Trinajstić information content (AvgIpc) is 3.16. The minimum absolute atomic E-state index is 0.00734. The second kappa shape index (κ2) is 10.1. The number of anilines is 1. The van der Waals surface area contributed by atoms with E-state index in [1.54, 1.807) is 0 Å². The van der Waals surface area contributed by atoms with Crippen LogP contribution in [0.25, 0.3) is 0 Å². The van der Waals surface area contributed by atoms with Crippen molar-refractivity contribution < 1.29 is 9.53 Å². The Morgan fingerprint density at radius 2 is 1.97 bits per heavy atom. The molecule has 5 nitrogen and oxygen atoms in total. The van der Waals surface area contributed by atoms with E-state index in [0.29, 0.717) is 12.5 Å². The summed E-state index contributed by atoms with van der Waals surface area (Å²) in [5.74, 6) is 0.488. The topological polar surface area (TPSA) is 58.8 Å². The molecule has 2 N–H and O–H groups in total. The maximum Gasteiger partial charge on any atom is 0.409 e. The quantitative estimate of drug-likeness (QED) is 0.649. The Morgan fingerprint density at radius 3 is 2.69 bits per heavy atom. The fraction of sp³-hybridized carbons (Fsp3) is 0.500. The lowest BCUT2D eigenvalue weighted by Crippen LogP contribution is -2.44. The Labute approximate surface area is 196 Å². The molecule has 0 bridgehead atoms. The highest BCUT2D eigenvalue weighted by atomic mass is 35.5. The number of carbonyl (C=O) groups is 1. The summed E-state index contributed by atoms with van der Waals surface area (Å²) in [7, 11) is 0. The van der Waals surface area contributed by atoms with E-state index >= 15 is 0 Å². The number of hydrogen-bond acceptors (Lipinski definition) is 4. The summed E-state index contributed by atoms with van der Waals surface area (Å²) in [6.45, 7) is 5.43. The van der Waals surface area contributed by atoms with Gasteiger partial charge in [0, 0.05) is 48.0 Å². The molecule has 1 unspecified atom stereocenters. The van der Waals surface area contributed by atoms with E-state index in [4.69, 9.17) is 22.1 Å². The van der Waals surface area contributed by atoms with Crippen molar-refractivity contribution >= 4 is 23.4 Å². The lowest BCUT2D eigenvalue weighted by molar-refractivity contribution is 0.0759. The summed E-state index contributed by atoms with van der Waals surface area (Å²) < 4.78 is 5.24. The monoisotopic (exact) mass is 455 g/mol. The summed E-state index contributed by atoms with van der Waals surface area (Å²) in [5, 5.41) is 0.756. The molecule has 3 aliphatic rings. The Bertz CT molecular complexity index is 900. The Balaban J connectivity index is 1.60. The third-order valence-corrected chi connectivity index (χ3v) is 7.37. The van der Waals surface area contributed by atoms with Crippen molar-refractivity contribution in [1.29, 1.82) is 0 Å². The number of allylic oxidation sites excluding steroid dienone is 5. The Kier molecular flexibility index (Phi) is 7.27. The van der Waals surface area contributed by atoms with Gasteiger partial charge in [-0.3, -0.25) is 0 Å². The Hall–Kier alpha value is -2.24. The Morgan fingerprint density at radius 1 is 1.22 bits per heavy atom. The molecule has 0 aromatic heterocycles. The second-order valence-electron chi connectivity index (χ2n) is 9.17. The van der Waals surface area contributed by atoms with Crippen molar-refractivity contribution in [2.24, 2.45) is 17.1 Å². The first-order valence-electron chi connectivity index (χ1n) is 11.8. The summed E-state index contributed by atoms with van der Waals surface area (Å²) in [5.41, 5.74) is 9.40. The summed E-state index contributed by atoms with van der Waals surface area (Å²) in [6, 6.07) is 8.17. The van der Waals surface area contributed by atoms with Crippen molar-refractivity contribution in [1.82, 2.24) is 4.90 Å².